The first-order valence-electron chi connectivity index (χ1n) is 5.71. The first-order valence-corrected chi connectivity index (χ1v) is 6.08. The van der Waals surface area contributed by atoms with Crippen LogP contribution in [0.5, 0.6) is 0 Å². The summed E-state index contributed by atoms with van der Waals surface area (Å²) in [5.74, 6) is -0.0110. The molecule has 1 heterocycles. The predicted molar refractivity (Wildman–Crippen MR) is 72.6 cm³/mol. The fraction of sp³-hybridized carbons (Fsp3) is 0.0714. The largest absolute Gasteiger partial charge is 0.440 e. The molecule has 0 bridgehead atoms. The van der Waals surface area contributed by atoms with E-state index in [2.05, 4.69) is 4.98 Å². The molecule has 2 N–H and O–H groups in total. The number of benzene rings is 2. The molecule has 0 aliphatic rings. The second-order valence-electron chi connectivity index (χ2n) is 4.26. The van der Waals surface area contributed by atoms with E-state index in [1.54, 1.807) is 0 Å². The van der Waals surface area contributed by atoms with Gasteiger partial charge in [0.25, 0.3) is 0 Å². The number of aromatic nitrogens is 1. The first-order chi connectivity index (χ1) is 9.11. The summed E-state index contributed by atoms with van der Waals surface area (Å²) in [5.41, 5.74) is 8.31. The normalized spacial score (nSPS) is 11.1. The minimum atomic E-state index is -0.513. The van der Waals surface area contributed by atoms with E-state index in [0.717, 1.165) is 5.56 Å². The van der Waals surface area contributed by atoms with E-state index in [1.165, 1.54) is 12.1 Å². The Bertz CT molecular complexity index is 715. The second kappa shape index (κ2) is 4.55. The summed E-state index contributed by atoms with van der Waals surface area (Å²) in [7, 11) is 0. The topological polar surface area (TPSA) is 52.0 Å². The van der Waals surface area contributed by atoms with Gasteiger partial charge in [0.2, 0.25) is 0 Å². The number of nitrogen functional groups attached to an aromatic ring is 1. The number of halogens is 2. The molecule has 0 saturated heterocycles. The summed E-state index contributed by atoms with van der Waals surface area (Å²) in [6.45, 7) is 0. The van der Waals surface area contributed by atoms with E-state index in [4.69, 9.17) is 21.8 Å². The van der Waals surface area contributed by atoms with E-state index in [0.29, 0.717) is 29.1 Å². The lowest BCUT2D eigenvalue weighted by molar-refractivity contribution is 0.540. The maximum Gasteiger partial charge on any atom is 0.199 e. The molecule has 0 fully saturated rings. The van der Waals surface area contributed by atoms with Gasteiger partial charge in [-0.1, -0.05) is 23.7 Å². The molecule has 3 aromatic rings. The summed E-state index contributed by atoms with van der Waals surface area (Å²) in [6.07, 6.45) is 0.499. The minimum absolute atomic E-state index is 0.0382. The molecule has 0 aliphatic carbocycles. The fourth-order valence-corrected chi connectivity index (χ4v) is 2.08. The van der Waals surface area contributed by atoms with Gasteiger partial charge in [-0.15, -0.1) is 0 Å². The number of hydrogen-bond acceptors (Lipinski definition) is 3. The second-order valence-corrected chi connectivity index (χ2v) is 4.67. The number of oxazole rings is 1. The SMILES string of the molecule is Nc1cccc(Cc2nc3cc(Cl)c(F)cc3o2)c1. The number of fused-ring (bicyclic) bond motifs is 1. The fourth-order valence-electron chi connectivity index (χ4n) is 1.92. The lowest BCUT2D eigenvalue weighted by Gasteiger charge is -1.98. The molecule has 0 atom stereocenters. The molecule has 0 spiro atoms. The highest BCUT2D eigenvalue weighted by atomic mass is 35.5. The van der Waals surface area contributed by atoms with E-state index in [9.17, 15) is 4.39 Å². The van der Waals surface area contributed by atoms with Gasteiger partial charge in [0.15, 0.2) is 11.5 Å². The Labute approximate surface area is 113 Å². The van der Waals surface area contributed by atoms with Gasteiger partial charge < -0.3 is 10.2 Å². The summed E-state index contributed by atoms with van der Waals surface area (Å²) < 4.78 is 18.8. The third kappa shape index (κ3) is 2.39. The van der Waals surface area contributed by atoms with Crippen molar-refractivity contribution in [3.05, 3.63) is 58.7 Å². The maximum absolute atomic E-state index is 13.3. The molecule has 3 nitrogen and oxygen atoms in total. The molecule has 0 aliphatic heterocycles. The minimum Gasteiger partial charge on any atom is -0.440 e. The predicted octanol–water partition coefficient (Wildman–Crippen LogP) is 3.79. The van der Waals surface area contributed by atoms with Crippen LogP contribution in [0.1, 0.15) is 11.5 Å². The Hall–Kier alpha value is -2.07. The highest BCUT2D eigenvalue weighted by Crippen LogP contribution is 2.24. The van der Waals surface area contributed by atoms with Gasteiger partial charge in [0, 0.05) is 18.2 Å². The quantitative estimate of drug-likeness (QED) is 0.725. The smallest absolute Gasteiger partial charge is 0.199 e. The van der Waals surface area contributed by atoms with Gasteiger partial charge in [-0.2, -0.15) is 0 Å². The van der Waals surface area contributed by atoms with Crippen LogP contribution in [0, 0.1) is 5.82 Å². The van der Waals surface area contributed by atoms with Crippen molar-refractivity contribution in [3.8, 4) is 0 Å². The Balaban J connectivity index is 1.97. The molecule has 19 heavy (non-hydrogen) atoms. The molecule has 0 unspecified atom stereocenters. The zero-order chi connectivity index (χ0) is 13.4. The van der Waals surface area contributed by atoms with Crippen LogP contribution in [0.15, 0.2) is 40.8 Å². The van der Waals surface area contributed by atoms with Crippen molar-refractivity contribution in [1.29, 1.82) is 0 Å². The van der Waals surface area contributed by atoms with Crippen LogP contribution in [0.2, 0.25) is 5.02 Å². The van der Waals surface area contributed by atoms with Crippen LogP contribution < -0.4 is 5.73 Å². The standard InChI is InChI=1S/C14H10ClFN2O/c15-10-6-12-13(7-11(10)16)19-14(18-12)5-8-2-1-3-9(17)4-8/h1-4,6-7H,5,17H2. The number of nitrogens with two attached hydrogens (primary N) is 1. The van der Waals surface area contributed by atoms with E-state index in [1.807, 2.05) is 24.3 Å². The summed E-state index contributed by atoms with van der Waals surface area (Å²) in [5, 5.41) is 0.0382. The van der Waals surface area contributed by atoms with E-state index in [-0.39, 0.29) is 5.02 Å². The van der Waals surface area contributed by atoms with Gasteiger partial charge in [-0.25, -0.2) is 9.37 Å². The number of anilines is 1. The average molecular weight is 277 g/mol. The molecule has 3 rings (SSSR count). The van der Waals surface area contributed by atoms with Gasteiger partial charge in [0.1, 0.15) is 11.3 Å². The van der Waals surface area contributed by atoms with Crippen LogP contribution in [-0.2, 0) is 6.42 Å². The molecular formula is C14H10ClFN2O. The molecule has 0 amide bonds. The van der Waals surface area contributed by atoms with Crippen molar-refractivity contribution in [2.75, 3.05) is 5.73 Å². The van der Waals surface area contributed by atoms with Crippen molar-refractivity contribution in [2.24, 2.45) is 0 Å². The zero-order valence-corrected chi connectivity index (χ0v) is 10.6. The third-order valence-corrected chi connectivity index (χ3v) is 3.07. The highest BCUT2D eigenvalue weighted by Gasteiger charge is 2.10. The number of rotatable bonds is 2. The molecule has 96 valence electrons. The van der Waals surface area contributed by atoms with Crippen molar-refractivity contribution >= 4 is 28.4 Å². The number of nitrogens with zero attached hydrogens (tertiary/aromatic N) is 1. The van der Waals surface area contributed by atoms with Crippen LogP contribution in [0.25, 0.3) is 11.1 Å². The Morgan fingerprint density at radius 1 is 1.26 bits per heavy atom. The Kier molecular flexibility index (Phi) is 2.87. The van der Waals surface area contributed by atoms with Crippen LogP contribution in [-0.4, -0.2) is 4.98 Å². The summed E-state index contributed by atoms with van der Waals surface area (Å²) in [6, 6.07) is 10.2. The summed E-state index contributed by atoms with van der Waals surface area (Å²) >= 11 is 5.70. The Morgan fingerprint density at radius 3 is 2.89 bits per heavy atom. The zero-order valence-electron chi connectivity index (χ0n) is 9.86. The molecule has 1 aromatic heterocycles. The van der Waals surface area contributed by atoms with Crippen LogP contribution in [0.4, 0.5) is 10.1 Å². The van der Waals surface area contributed by atoms with E-state index < -0.39 is 5.82 Å². The van der Waals surface area contributed by atoms with Crippen molar-refractivity contribution in [2.45, 2.75) is 6.42 Å². The summed E-state index contributed by atoms with van der Waals surface area (Å²) in [4.78, 5) is 4.28. The van der Waals surface area contributed by atoms with E-state index >= 15 is 0 Å². The molecule has 0 saturated carbocycles. The number of hydrogen-bond donors (Lipinski definition) is 1. The lowest BCUT2D eigenvalue weighted by Crippen LogP contribution is -1.90. The van der Waals surface area contributed by atoms with Gasteiger partial charge in [-0.3, -0.25) is 0 Å². The first kappa shape index (κ1) is 12.0. The monoisotopic (exact) mass is 276 g/mol. The van der Waals surface area contributed by atoms with Crippen molar-refractivity contribution < 1.29 is 8.81 Å². The van der Waals surface area contributed by atoms with Crippen molar-refractivity contribution in [1.82, 2.24) is 4.98 Å². The lowest BCUT2D eigenvalue weighted by atomic mass is 10.1. The third-order valence-electron chi connectivity index (χ3n) is 2.78. The molecular weight excluding hydrogens is 267 g/mol. The Morgan fingerprint density at radius 2 is 2.11 bits per heavy atom. The molecule has 0 radical (unpaired) electrons. The van der Waals surface area contributed by atoms with Gasteiger partial charge >= 0.3 is 0 Å². The van der Waals surface area contributed by atoms with Crippen LogP contribution in [0.3, 0.4) is 0 Å². The van der Waals surface area contributed by atoms with Gasteiger partial charge in [0.05, 0.1) is 5.02 Å². The van der Waals surface area contributed by atoms with Crippen molar-refractivity contribution in [3.63, 3.8) is 0 Å². The molecule has 5 heteroatoms. The average Bonchev–Trinajstić information content (AvgIpc) is 2.71. The maximum atomic E-state index is 13.3. The molecule has 2 aromatic carbocycles. The van der Waals surface area contributed by atoms with Gasteiger partial charge in [-0.05, 0) is 23.8 Å². The van der Waals surface area contributed by atoms with Crippen LogP contribution >= 0.6 is 11.6 Å². The highest BCUT2D eigenvalue weighted by molar-refractivity contribution is 6.31.